The molecule has 1 aromatic carbocycles. The van der Waals surface area contributed by atoms with E-state index in [1.165, 1.54) is 11.1 Å². The number of Topliss-reactive ketones (excluding diaryl/α,β-unsaturated/α-hetero) is 1. The lowest BCUT2D eigenvalue weighted by Crippen LogP contribution is -2.59. The number of hydrogen-bond acceptors (Lipinski definition) is 5. The predicted octanol–water partition coefficient (Wildman–Crippen LogP) is 2.31. The van der Waals surface area contributed by atoms with Crippen LogP contribution in [0.1, 0.15) is 43.7 Å². The van der Waals surface area contributed by atoms with Crippen LogP contribution < -0.4 is 10.1 Å². The lowest BCUT2D eigenvalue weighted by Gasteiger charge is -2.39. The number of rotatable bonds is 5. The molecule has 30 heavy (non-hydrogen) atoms. The van der Waals surface area contributed by atoms with Crippen LogP contribution in [0.4, 0.5) is 0 Å². The van der Waals surface area contributed by atoms with E-state index in [9.17, 15) is 9.59 Å². The maximum atomic E-state index is 12.7. The fourth-order valence-corrected chi connectivity index (χ4v) is 4.97. The Balaban J connectivity index is 0.00000256. The lowest BCUT2D eigenvalue weighted by molar-refractivity contribution is -0.133. The van der Waals surface area contributed by atoms with E-state index in [1.54, 1.807) is 0 Å². The number of fused-ring (bicyclic) bond motifs is 3. The van der Waals surface area contributed by atoms with Gasteiger partial charge in [0.1, 0.15) is 17.9 Å². The van der Waals surface area contributed by atoms with Crippen LogP contribution in [0.2, 0.25) is 0 Å². The Bertz CT molecular complexity index is 794. The number of amides is 1. The van der Waals surface area contributed by atoms with E-state index in [4.69, 9.17) is 4.74 Å². The van der Waals surface area contributed by atoms with Crippen molar-refractivity contribution < 1.29 is 14.3 Å². The largest absolute Gasteiger partial charge is 0.487 e. The number of halogens is 1. The SMILES string of the molecule is Cc1ccc2c(c1)[C@]1(C)CCC(=O)[C@H](NC(=O)CCCN3CCN(C)CC3)[C@@H]1O2.Cl. The van der Waals surface area contributed by atoms with Gasteiger partial charge in [-0.1, -0.05) is 24.6 Å². The van der Waals surface area contributed by atoms with Crippen LogP contribution >= 0.6 is 12.4 Å². The average molecular weight is 436 g/mol. The molecule has 0 aromatic heterocycles. The molecule has 1 aliphatic carbocycles. The molecule has 1 N–H and O–H groups in total. The molecular formula is C23H34ClN3O3. The summed E-state index contributed by atoms with van der Waals surface area (Å²) in [5.74, 6) is 0.897. The molecule has 1 saturated heterocycles. The molecule has 2 fully saturated rings. The maximum Gasteiger partial charge on any atom is 0.220 e. The molecule has 3 atom stereocenters. The van der Waals surface area contributed by atoms with Gasteiger partial charge in [-0.05, 0) is 39.4 Å². The zero-order valence-electron chi connectivity index (χ0n) is 18.3. The van der Waals surface area contributed by atoms with Crippen molar-refractivity contribution in [2.24, 2.45) is 0 Å². The van der Waals surface area contributed by atoms with E-state index in [0.29, 0.717) is 12.8 Å². The molecular weight excluding hydrogens is 402 g/mol. The molecule has 7 heteroatoms. The summed E-state index contributed by atoms with van der Waals surface area (Å²) in [6.07, 6.45) is 2.20. The Kier molecular flexibility index (Phi) is 7.10. The molecule has 0 unspecified atom stereocenters. The second-order valence-corrected chi connectivity index (χ2v) is 9.22. The van der Waals surface area contributed by atoms with Gasteiger partial charge in [0.25, 0.3) is 0 Å². The standard InChI is InChI=1S/C23H33N3O3.ClH/c1-16-6-7-19-17(15-16)23(2)9-8-18(27)21(22(23)29-19)24-20(28)5-4-10-26-13-11-25(3)12-14-26;/h6-7,15,21-22H,4-5,8-14H2,1-3H3,(H,24,28);1H/t21-,22-,23-;/m0./s1. The number of ketones is 1. The molecule has 2 heterocycles. The molecule has 2 aliphatic heterocycles. The van der Waals surface area contributed by atoms with Crippen LogP contribution in [0.15, 0.2) is 18.2 Å². The number of carbonyl (C=O) groups excluding carboxylic acids is 2. The highest BCUT2D eigenvalue weighted by Crippen LogP contribution is 2.49. The van der Waals surface area contributed by atoms with Crippen molar-refractivity contribution >= 4 is 24.1 Å². The van der Waals surface area contributed by atoms with Gasteiger partial charge in [-0.2, -0.15) is 0 Å². The Hall–Kier alpha value is -1.63. The van der Waals surface area contributed by atoms with Gasteiger partial charge in [0, 0.05) is 50.0 Å². The van der Waals surface area contributed by atoms with Crippen LogP contribution in [0, 0.1) is 6.92 Å². The molecule has 166 valence electrons. The molecule has 1 aromatic rings. The molecule has 0 radical (unpaired) electrons. The smallest absolute Gasteiger partial charge is 0.220 e. The summed E-state index contributed by atoms with van der Waals surface area (Å²) in [5, 5.41) is 3.02. The van der Waals surface area contributed by atoms with E-state index in [-0.39, 0.29) is 35.6 Å². The van der Waals surface area contributed by atoms with Crippen molar-refractivity contribution in [3.8, 4) is 5.75 Å². The molecule has 1 saturated carbocycles. The van der Waals surface area contributed by atoms with E-state index in [2.05, 4.69) is 42.1 Å². The van der Waals surface area contributed by atoms with E-state index in [1.807, 2.05) is 12.1 Å². The Labute approximate surface area is 185 Å². The van der Waals surface area contributed by atoms with Crippen molar-refractivity contribution in [3.63, 3.8) is 0 Å². The number of likely N-dealkylation sites (N-methyl/N-ethyl adjacent to an activating group) is 1. The second kappa shape index (κ2) is 9.25. The van der Waals surface area contributed by atoms with Gasteiger partial charge in [-0.3, -0.25) is 9.59 Å². The molecule has 3 aliphatic rings. The number of carbonyl (C=O) groups is 2. The zero-order valence-corrected chi connectivity index (χ0v) is 19.1. The minimum absolute atomic E-state index is 0. The first kappa shape index (κ1) is 23.0. The topological polar surface area (TPSA) is 61.9 Å². The molecule has 0 spiro atoms. The van der Waals surface area contributed by atoms with Crippen LogP contribution in [0.5, 0.6) is 5.75 Å². The normalized spacial score (nSPS) is 28.8. The number of nitrogens with zero attached hydrogens (tertiary/aromatic N) is 2. The number of benzene rings is 1. The molecule has 0 bridgehead atoms. The van der Waals surface area contributed by atoms with Crippen molar-refractivity contribution in [3.05, 3.63) is 29.3 Å². The highest BCUT2D eigenvalue weighted by atomic mass is 35.5. The average Bonchev–Trinajstić information content (AvgIpc) is 2.99. The predicted molar refractivity (Wildman–Crippen MR) is 120 cm³/mol. The minimum atomic E-state index is -0.558. The monoisotopic (exact) mass is 435 g/mol. The first-order valence-corrected chi connectivity index (χ1v) is 10.9. The first-order valence-electron chi connectivity index (χ1n) is 10.9. The summed E-state index contributed by atoms with van der Waals surface area (Å²) >= 11 is 0. The van der Waals surface area contributed by atoms with E-state index >= 15 is 0 Å². The van der Waals surface area contributed by atoms with Crippen molar-refractivity contribution in [1.82, 2.24) is 15.1 Å². The van der Waals surface area contributed by atoms with Gasteiger partial charge in [0.15, 0.2) is 5.78 Å². The fourth-order valence-electron chi connectivity index (χ4n) is 4.97. The summed E-state index contributed by atoms with van der Waals surface area (Å²) in [6, 6.07) is 5.64. The summed E-state index contributed by atoms with van der Waals surface area (Å²) in [5.41, 5.74) is 2.13. The van der Waals surface area contributed by atoms with Crippen molar-refractivity contribution in [2.45, 2.75) is 57.1 Å². The second-order valence-electron chi connectivity index (χ2n) is 9.22. The minimum Gasteiger partial charge on any atom is -0.487 e. The number of ether oxygens (including phenoxy) is 1. The molecule has 1 amide bonds. The summed E-state index contributed by atoms with van der Waals surface area (Å²) in [4.78, 5) is 30.0. The van der Waals surface area contributed by atoms with Gasteiger partial charge >= 0.3 is 0 Å². The Morgan fingerprint density at radius 3 is 2.73 bits per heavy atom. The van der Waals surface area contributed by atoms with Crippen LogP contribution in [-0.4, -0.2) is 73.4 Å². The van der Waals surface area contributed by atoms with E-state index < -0.39 is 6.04 Å². The Morgan fingerprint density at radius 2 is 2.00 bits per heavy atom. The Morgan fingerprint density at radius 1 is 1.27 bits per heavy atom. The highest BCUT2D eigenvalue weighted by Gasteiger charge is 2.54. The summed E-state index contributed by atoms with van der Waals surface area (Å²) in [7, 11) is 2.14. The fraction of sp³-hybridized carbons (Fsp3) is 0.652. The number of aryl methyl sites for hydroxylation is 1. The van der Waals surface area contributed by atoms with Gasteiger partial charge in [0.05, 0.1) is 0 Å². The zero-order chi connectivity index (χ0) is 20.6. The summed E-state index contributed by atoms with van der Waals surface area (Å²) in [6.45, 7) is 9.46. The quantitative estimate of drug-likeness (QED) is 0.769. The lowest BCUT2D eigenvalue weighted by atomic mass is 9.67. The third-order valence-electron chi connectivity index (χ3n) is 6.96. The van der Waals surface area contributed by atoms with Crippen molar-refractivity contribution in [2.75, 3.05) is 39.8 Å². The third kappa shape index (κ3) is 4.51. The third-order valence-corrected chi connectivity index (χ3v) is 6.96. The van der Waals surface area contributed by atoms with Gasteiger partial charge in [0.2, 0.25) is 5.91 Å². The molecule has 6 nitrogen and oxygen atoms in total. The van der Waals surface area contributed by atoms with E-state index in [0.717, 1.165) is 51.3 Å². The number of nitrogens with one attached hydrogen (secondary N) is 1. The number of piperazine rings is 1. The maximum absolute atomic E-state index is 12.7. The van der Waals surface area contributed by atoms with Gasteiger partial charge in [-0.15, -0.1) is 12.4 Å². The molecule has 4 rings (SSSR count). The van der Waals surface area contributed by atoms with Crippen LogP contribution in [-0.2, 0) is 15.0 Å². The first-order chi connectivity index (χ1) is 13.9. The number of hydrogen-bond donors (Lipinski definition) is 1. The van der Waals surface area contributed by atoms with Crippen molar-refractivity contribution in [1.29, 1.82) is 0 Å². The van der Waals surface area contributed by atoms with Gasteiger partial charge < -0.3 is 19.9 Å². The van der Waals surface area contributed by atoms with Crippen LogP contribution in [0.25, 0.3) is 0 Å². The van der Waals surface area contributed by atoms with Gasteiger partial charge in [-0.25, -0.2) is 0 Å². The van der Waals surface area contributed by atoms with Crippen LogP contribution in [0.3, 0.4) is 0 Å². The highest BCUT2D eigenvalue weighted by molar-refractivity contribution is 5.91. The summed E-state index contributed by atoms with van der Waals surface area (Å²) < 4.78 is 6.21.